The molecule has 94 valence electrons. The molecule has 0 heterocycles. The predicted molar refractivity (Wildman–Crippen MR) is 75.6 cm³/mol. The van der Waals surface area contributed by atoms with Gasteiger partial charge in [-0.1, -0.05) is 19.4 Å². The summed E-state index contributed by atoms with van der Waals surface area (Å²) in [7, 11) is 0. The first-order valence-corrected chi connectivity index (χ1v) is 7.02. The molecule has 1 fully saturated rings. The normalized spacial score (nSPS) is 24.6. The lowest BCUT2D eigenvalue weighted by atomic mass is 9.84. The minimum absolute atomic E-state index is 0.694. The minimum atomic E-state index is 0.694. The van der Waals surface area contributed by atoms with Crippen molar-refractivity contribution in [3.63, 3.8) is 0 Å². The van der Waals surface area contributed by atoms with Crippen molar-refractivity contribution in [2.75, 3.05) is 5.32 Å². The van der Waals surface area contributed by atoms with Gasteiger partial charge in [0.2, 0.25) is 0 Å². The molecule has 0 atom stereocenters. The molecule has 1 heteroatoms. The van der Waals surface area contributed by atoms with Gasteiger partial charge in [0, 0.05) is 11.7 Å². The first kappa shape index (κ1) is 12.5. The lowest BCUT2D eigenvalue weighted by Crippen LogP contribution is -2.25. The molecule has 0 bridgehead atoms. The van der Waals surface area contributed by atoms with Crippen LogP contribution in [0.3, 0.4) is 0 Å². The molecule has 1 N–H and O–H groups in total. The Morgan fingerprint density at radius 2 is 1.59 bits per heavy atom. The van der Waals surface area contributed by atoms with Crippen LogP contribution in [0.2, 0.25) is 0 Å². The molecule has 1 aromatic rings. The first-order valence-electron chi connectivity index (χ1n) is 7.02. The number of benzene rings is 1. The Balaban J connectivity index is 1.93. The van der Waals surface area contributed by atoms with Crippen LogP contribution in [0.1, 0.15) is 50.2 Å². The van der Waals surface area contributed by atoms with Gasteiger partial charge in [0.1, 0.15) is 0 Å². The summed E-state index contributed by atoms with van der Waals surface area (Å²) in [6.07, 6.45) is 6.84. The van der Waals surface area contributed by atoms with E-state index in [1.807, 2.05) is 0 Å². The fourth-order valence-electron chi connectivity index (χ4n) is 3.01. The SMILES string of the molecule is CCC1CCC(Nc2cc(C)cc(C)c2)CC1. The van der Waals surface area contributed by atoms with E-state index in [9.17, 15) is 0 Å². The Morgan fingerprint density at radius 3 is 2.12 bits per heavy atom. The van der Waals surface area contributed by atoms with Gasteiger partial charge in [-0.2, -0.15) is 0 Å². The van der Waals surface area contributed by atoms with Crippen LogP contribution in [0.5, 0.6) is 0 Å². The van der Waals surface area contributed by atoms with Crippen LogP contribution in [-0.4, -0.2) is 6.04 Å². The first-order chi connectivity index (χ1) is 8.17. The minimum Gasteiger partial charge on any atom is -0.382 e. The van der Waals surface area contributed by atoms with Crippen molar-refractivity contribution in [1.29, 1.82) is 0 Å². The third kappa shape index (κ3) is 3.49. The number of hydrogen-bond acceptors (Lipinski definition) is 1. The van der Waals surface area contributed by atoms with Gasteiger partial charge >= 0.3 is 0 Å². The van der Waals surface area contributed by atoms with Crippen molar-refractivity contribution in [3.05, 3.63) is 29.3 Å². The lowest BCUT2D eigenvalue weighted by molar-refractivity contribution is 0.330. The average molecular weight is 231 g/mol. The van der Waals surface area contributed by atoms with E-state index in [0.29, 0.717) is 6.04 Å². The molecule has 1 nitrogen and oxygen atoms in total. The summed E-state index contributed by atoms with van der Waals surface area (Å²) >= 11 is 0. The fourth-order valence-corrected chi connectivity index (χ4v) is 3.01. The van der Waals surface area contributed by atoms with Crippen LogP contribution < -0.4 is 5.32 Å². The third-order valence-electron chi connectivity index (χ3n) is 4.02. The highest BCUT2D eigenvalue weighted by Crippen LogP contribution is 2.28. The molecule has 1 saturated carbocycles. The summed E-state index contributed by atoms with van der Waals surface area (Å²) in [6, 6.07) is 7.45. The highest BCUT2D eigenvalue weighted by atomic mass is 14.9. The van der Waals surface area contributed by atoms with Crippen molar-refractivity contribution in [1.82, 2.24) is 0 Å². The Kier molecular flexibility index (Phi) is 4.09. The van der Waals surface area contributed by atoms with Gasteiger partial charge < -0.3 is 5.32 Å². The quantitative estimate of drug-likeness (QED) is 0.796. The van der Waals surface area contributed by atoms with Gasteiger partial charge in [0.15, 0.2) is 0 Å². The second-order valence-corrected chi connectivity index (χ2v) is 5.65. The number of rotatable bonds is 3. The van der Waals surface area contributed by atoms with E-state index >= 15 is 0 Å². The molecule has 1 aromatic carbocycles. The topological polar surface area (TPSA) is 12.0 Å². The van der Waals surface area contributed by atoms with Gasteiger partial charge in [-0.3, -0.25) is 0 Å². The maximum Gasteiger partial charge on any atom is 0.0347 e. The molecule has 1 aliphatic rings. The lowest BCUT2D eigenvalue weighted by Gasteiger charge is -2.29. The molecule has 17 heavy (non-hydrogen) atoms. The fraction of sp³-hybridized carbons (Fsp3) is 0.625. The standard InChI is InChI=1S/C16H25N/c1-4-14-5-7-15(8-6-14)17-16-10-12(2)9-13(3)11-16/h9-11,14-15,17H,4-8H2,1-3H3. The molecule has 1 aliphatic carbocycles. The molecule has 0 unspecified atom stereocenters. The molecule has 0 spiro atoms. The van der Waals surface area contributed by atoms with Crippen LogP contribution >= 0.6 is 0 Å². The van der Waals surface area contributed by atoms with E-state index in [1.54, 1.807) is 0 Å². The highest BCUT2D eigenvalue weighted by Gasteiger charge is 2.19. The second kappa shape index (κ2) is 5.57. The number of aryl methyl sites for hydroxylation is 2. The van der Waals surface area contributed by atoms with Gasteiger partial charge in [-0.05, 0) is 68.7 Å². The summed E-state index contributed by atoms with van der Waals surface area (Å²) in [4.78, 5) is 0. The van der Waals surface area contributed by atoms with Crippen LogP contribution in [-0.2, 0) is 0 Å². The number of nitrogens with one attached hydrogen (secondary N) is 1. The average Bonchev–Trinajstić information content (AvgIpc) is 2.28. The zero-order chi connectivity index (χ0) is 12.3. The zero-order valence-corrected chi connectivity index (χ0v) is 11.4. The Morgan fingerprint density at radius 1 is 1.00 bits per heavy atom. The summed E-state index contributed by atoms with van der Waals surface area (Å²) in [6.45, 7) is 6.67. The molecule has 0 saturated heterocycles. The van der Waals surface area contributed by atoms with E-state index in [1.165, 1.54) is 48.9 Å². The predicted octanol–water partition coefficient (Wildman–Crippen LogP) is 4.68. The molecule has 0 radical (unpaired) electrons. The van der Waals surface area contributed by atoms with Crippen molar-refractivity contribution < 1.29 is 0 Å². The summed E-state index contributed by atoms with van der Waals surface area (Å²) in [5.41, 5.74) is 4.02. The van der Waals surface area contributed by atoms with Gasteiger partial charge in [0.25, 0.3) is 0 Å². The van der Waals surface area contributed by atoms with Gasteiger partial charge in [-0.15, -0.1) is 0 Å². The second-order valence-electron chi connectivity index (χ2n) is 5.65. The van der Waals surface area contributed by atoms with Crippen LogP contribution in [0.4, 0.5) is 5.69 Å². The molecule has 2 rings (SSSR count). The molecule has 0 aromatic heterocycles. The largest absolute Gasteiger partial charge is 0.382 e. The van der Waals surface area contributed by atoms with E-state index in [-0.39, 0.29) is 0 Å². The van der Waals surface area contributed by atoms with Gasteiger partial charge in [-0.25, -0.2) is 0 Å². The summed E-state index contributed by atoms with van der Waals surface area (Å²) < 4.78 is 0. The van der Waals surface area contributed by atoms with E-state index in [2.05, 4.69) is 44.3 Å². The van der Waals surface area contributed by atoms with Crippen molar-refractivity contribution in [2.24, 2.45) is 5.92 Å². The van der Waals surface area contributed by atoms with Crippen molar-refractivity contribution >= 4 is 5.69 Å². The summed E-state index contributed by atoms with van der Waals surface area (Å²) in [5.74, 6) is 0.979. The van der Waals surface area contributed by atoms with E-state index in [4.69, 9.17) is 0 Å². The smallest absolute Gasteiger partial charge is 0.0347 e. The Labute approximate surface area is 106 Å². The number of anilines is 1. The Hall–Kier alpha value is -0.980. The molecular weight excluding hydrogens is 206 g/mol. The number of hydrogen-bond donors (Lipinski definition) is 1. The van der Waals surface area contributed by atoms with Crippen molar-refractivity contribution in [3.8, 4) is 0 Å². The third-order valence-corrected chi connectivity index (χ3v) is 4.02. The Bertz CT molecular complexity index is 342. The van der Waals surface area contributed by atoms with E-state index in [0.717, 1.165) is 5.92 Å². The highest BCUT2D eigenvalue weighted by molar-refractivity contribution is 5.49. The maximum absolute atomic E-state index is 3.71. The monoisotopic (exact) mass is 231 g/mol. The zero-order valence-electron chi connectivity index (χ0n) is 11.4. The molecule has 0 amide bonds. The summed E-state index contributed by atoms with van der Waals surface area (Å²) in [5, 5.41) is 3.71. The van der Waals surface area contributed by atoms with Crippen LogP contribution in [0.25, 0.3) is 0 Å². The molecule has 0 aliphatic heterocycles. The van der Waals surface area contributed by atoms with Crippen molar-refractivity contribution in [2.45, 2.75) is 58.9 Å². The molecular formula is C16H25N. The van der Waals surface area contributed by atoms with Gasteiger partial charge in [0.05, 0.1) is 0 Å². The van der Waals surface area contributed by atoms with Crippen LogP contribution in [0.15, 0.2) is 18.2 Å². The maximum atomic E-state index is 3.71. The van der Waals surface area contributed by atoms with E-state index < -0.39 is 0 Å². The van der Waals surface area contributed by atoms with Crippen LogP contribution in [0, 0.1) is 19.8 Å².